The summed E-state index contributed by atoms with van der Waals surface area (Å²) in [6, 6.07) is 3.71. The molecule has 0 aliphatic carbocycles. The van der Waals surface area contributed by atoms with Crippen LogP contribution in [0.25, 0.3) is 0 Å². The summed E-state index contributed by atoms with van der Waals surface area (Å²) in [4.78, 5) is 10.6. The van der Waals surface area contributed by atoms with Crippen molar-refractivity contribution in [2.75, 3.05) is 13.1 Å². The molecule has 1 aromatic rings. The smallest absolute Gasteiger partial charge is 0.335 e. The van der Waals surface area contributed by atoms with E-state index in [9.17, 15) is 9.18 Å². The van der Waals surface area contributed by atoms with Crippen molar-refractivity contribution in [3.05, 3.63) is 29.6 Å². The quantitative estimate of drug-likeness (QED) is 0.842. The second-order valence-electron chi connectivity index (χ2n) is 4.02. The fraction of sp³-hybridized carbons (Fsp3) is 0.417. The molecule has 0 saturated carbocycles. The van der Waals surface area contributed by atoms with Crippen LogP contribution in [-0.2, 0) is 0 Å². The Morgan fingerprint density at radius 3 is 2.71 bits per heavy atom. The second kappa shape index (κ2) is 5.14. The van der Waals surface area contributed by atoms with E-state index in [2.05, 4.69) is 5.32 Å². The van der Waals surface area contributed by atoms with Gasteiger partial charge in [-0.2, -0.15) is 0 Å². The Morgan fingerprint density at radius 2 is 2.12 bits per heavy atom. The second-order valence-corrected chi connectivity index (χ2v) is 4.02. The van der Waals surface area contributed by atoms with Gasteiger partial charge in [0.05, 0.1) is 5.56 Å². The number of carboxylic acid groups (broad SMARTS) is 1. The monoisotopic (exact) mass is 239 g/mol. The van der Waals surface area contributed by atoms with Gasteiger partial charge in [0, 0.05) is 0 Å². The minimum absolute atomic E-state index is 0.00132. The molecule has 4 nitrogen and oxygen atoms in total. The van der Waals surface area contributed by atoms with Crippen molar-refractivity contribution in [2.24, 2.45) is 0 Å². The van der Waals surface area contributed by atoms with Gasteiger partial charge in [0.2, 0.25) is 0 Å². The first kappa shape index (κ1) is 11.9. The Hall–Kier alpha value is -1.62. The molecule has 1 aliphatic heterocycles. The first-order valence-corrected chi connectivity index (χ1v) is 5.57. The zero-order valence-corrected chi connectivity index (χ0v) is 9.28. The van der Waals surface area contributed by atoms with E-state index in [0.717, 1.165) is 32.0 Å². The number of carboxylic acids is 1. The van der Waals surface area contributed by atoms with Crippen molar-refractivity contribution in [3.8, 4) is 5.75 Å². The fourth-order valence-electron chi connectivity index (χ4n) is 1.82. The topological polar surface area (TPSA) is 58.6 Å². The van der Waals surface area contributed by atoms with E-state index in [0.29, 0.717) is 0 Å². The lowest BCUT2D eigenvalue weighted by Crippen LogP contribution is -2.34. The third kappa shape index (κ3) is 2.94. The van der Waals surface area contributed by atoms with Crippen LogP contribution >= 0.6 is 0 Å². The summed E-state index contributed by atoms with van der Waals surface area (Å²) in [5, 5.41) is 11.9. The van der Waals surface area contributed by atoms with Crippen molar-refractivity contribution < 1.29 is 19.0 Å². The Labute approximate surface area is 98.4 Å². The molecule has 2 N–H and O–H groups in total. The van der Waals surface area contributed by atoms with E-state index in [1.165, 1.54) is 12.1 Å². The molecule has 0 radical (unpaired) electrons. The molecule has 0 unspecified atom stereocenters. The summed E-state index contributed by atoms with van der Waals surface area (Å²) >= 11 is 0. The van der Waals surface area contributed by atoms with Crippen LogP contribution < -0.4 is 10.1 Å². The first-order chi connectivity index (χ1) is 8.16. The largest absolute Gasteiger partial charge is 0.487 e. The SMILES string of the molecule is O=C(O)c1ccc(OC2CCNCC2)c(F)c1. The zero-order chi connectivity index (χ0) is 12.3. The molecule has 1 aromatic carbocycles. The molecule has 0 spiro atoms. The van der Waals surface area contributed by atoms with E-state index >= 15 is 0 Å². The van der Waals surface area contributed by atoms with Crippen LogP contribution in [0.5, 0.6) is 5.75 Å². The van der Waals surface area contributed by atoms with Gasteiger partial charge in [0.15, 0.2) is 11.6 Å². The first-order valence-electron chi connectivity index (χ1n) is 5.57. The van der Waals surface area contributed by atoms with Gasteiger partial charge < -0.3 is 15.2 Å². The molecule has 0 bridgehead atoms. The summed E-state index contributed by atoms with van der Waals surface area (Å²) in [5.41, 5.74) is -0.0693. The van der Waals surface area contributed by atoms with Gasteiger partial charge in [-0.15, -0.1) is 0 Å². The van der Waals surface area contributed by atoms with Crippen molar-refractivity contribution >= 4 is 5.97 Å². The predicted octanol–water partition coefficient (Wildman–Crippen LogP) is 1.65. The van der Waals surface area contributed by atoms with Gasteiger partial charge in [-0.1, -0.05) is 0 Å². The van der Waals surface area contributed by atoms with Gasteiger partial charge in [-0.3, -0.25) is 0 Å². The highest BCUT2D eigenvalue weighted by Crippen LogP contribution is 2.21. The maximum absolute atomic E-state index is 13.6. The summed E-state index contributed by atoms with van der Waals surface area (Å²) in [6.07, 6.45) is 1.67. The molecule has 5 heteroatoms. The molecular weight excluding hydrogens is 225 g/mol. The molecule has 0 amide bonds. The van der Waals surface area contributed by atoms with E-state index in [-0.39, 0.29) is 17.4 Å². The van der Waals surface area contributed by atoms with Gasteiger partial charge in [0.25, 0.3) is 0 Å². The third-order valence-electron chi connectivity index (χ3n) is 2.76. The number of hydrogen-bond donors (Lipinski definition) is 2. The number of nitrogens with one attached hydrogen (secondary N) is 1. The molecule has 17 heavy (non-hydrogen) atoms. The highest BCUT2D eigenvalue weighted by molar-refractivity contribution is 5.87. The molecule has 92 valence electrons. The number of rotatable bonds is 3. The predicted molar refractivity (Wildman–Crippen MR) is 59.9 cm³/mol. The lowest BCUT2D eigenvalue weighted by molar-refractivity contribution is 0.0696. The van der Waals surface area contributed by atoms with Crippen LogP contribution in [0.2, 0.25) is 0 Å². The molecule has 1 saturated heterocycles. The van der Waals surface area contributed by atoms with Crippen molar-refractivity contribution in [1.82, 2.24) is 5.32 Å². The molecule has 0 atom stereocenters. The highest BCUT2D eigenvalue weighted by Gasteiger charge is 2.17. The van der Waals surface area contributed by atoms with E-state index < -0.39 is 11.8 Å². The van der Waals surface area contributed by atoms with Gasteiger partial charge in [-0.25, -0.2) is 9.18 Å². The highest BCUT2D eigenvalue weighted by atomic mass is 19.1. The summed E-state index contributed by atoms with van der Waals surface area (Å²) in [5.74, 6) is -1.64. The van der Waals surface area contributed by atoms with Crippen LogP contribution in [-0.4, -0.2) is 30.3 Å². The lowest BCUT2D eigenvalue weighted by Gasteiger charge is -2.24. The normalized spacial score (nSPS) is 16.8. The number of halogens is 1. The van der Waals surface area contributed by atoms with E-state index in [4.69, 9.17) is 9.84 Å². The summed E-state index contributed by atoms with van der Waals surface area (Å²) in [6.45, 7) is 1.72. The number of ether oxygens (including phenoxy) is 1. The Balaban J connectivity index is 2.08. The van der Waals surface area contributed by atoms with Crippen LogP contribution in [0.3, 0.4) is 0 Å². The van der Waals surface area contributed by atoms with Crippen molar-refractivity contribution in [1.29, 1.82) is 0 Å². The average molecular weight is 239 g/mol. The Morgan fingerprint density at radius 1 is 1.41 bits per heavy atom. The van der Waals surface area contributed by atoms with Crippen molar-refractivity contribution in [2.45, 2.75) is 18.9 Å². The minimum Gasteiger partial charge on any atom is -0.487 e. The number of benzene rings is 1. The zero-order valence-electron chi connectivity index (χ0n) is 9.28. The van der Waals surface area contributed by atoms with Crippen LogP contribution in [0.1, 0.15) is 23.2 Å². The van der Waals surface area contributed by atoms with E-state index in [1.807, 2.05) is 0 Å². The standard InChI is InChI=1S/C12H14FNO3/c13-10-7-8(12(15)16)1-2-11(10)17-9-3-5-14-6-4-9/h1-2,7,9,14H,3-6H2,(H,15,16). The number of piperidine rings is 1. The molecule has 1 heterocycles. The van der Waals surface area contributed by atoms with Gasteiger partial charge in [0.1, 0.15) is 6.10 Å². The van der Waals surface area contributed by atoms with Gasteiger partial charge in [-0.05, 0) is 44.1 Å². The molecule has 1 aliphatic rings. The summed E-state index contributed by atoms with van der Waals surface area (Å²) in [7, 11) is 0. The molecule has 0 aromatic heterocycles. The molecular formula is C12H14FNO3. The van der Waals surface area contributed by atoms with Crippen LogP contribution in [0.4, 0.5) is 4.39 Å². The fourth-order valence-corrected chi connectivity index (χ4v) is 1.82. The van der Waals surface area contributed by atoms with Crippen LogP contribution in [0.15, 0.2) is 18.2 Å². The minimum atomic E-state index is -1.14. The number of aromatic carboxylic acids is 1. The Kier molecular flexibility index (Phi) is 3.58. The maximum atomic E-state index is 13.6. The number of hydrogen-bond acceptors (Lipinski definition) is 3. The van der Waals surface area contributed by atoms with E-state index in [1.54, 1.807) is 0 Å². The third-order valence-corrected chi connectivity index (χ3v) is 2.76. The molecule has 1 fully saturated rings. The number of carbonyl (C=O) groups is 1. The lowest BCUT2D eigenvalue weighted by atomic mass is 10.1. The Bertz CT molecular complexity index is 416. The maximum Gasteiger partial charge on any atom is 0.335 e. The van der Waals surface area contributed by atoms with Crippen molar-refractivity contribution in [3.63, 3.8) is 0 Å². The van der Waals surface area contributed by atoms with Gasteiger partial charge >= 0.3 is 5.97 Å². The van der Waals surface area contributed by atoms with Crippen LogP contribution in [0, 0.1) is 5.82 Å². The molecule has 2 rings (SSSR count). The summed E-state index contributed by atoms with van der Waals surface area (Å²) < 4.78 is 19.1. The average Bonchev–Trinajstić information content (AvgIpc) is 2.33.